The summed E-state index contributed by atoms with van der Waals surface area (Å²) >= 11 is 0. The van der Waals surface area contributed by atoms with E-state index in [1.807, 2.05) is 0 Å². The van der Waals surface area contributed by atoms with Gasteiger partial charge in [0.1, 0.15) is 0 Å². The SMILES string of the molecule is CCC1CC1(CNC(C)(C)C)c1ccc(C)cc1. The van der Waals surface area contributed by atoms with Gasteiger partial charge >= 0.3 is 0 Å². The van der Waals surface area contributed by atoms with Gasteiger partial charge in [-0.25, -0.2) is 0 Å². The fourth-order valence-electron chi connectivity index (χ4n) is 2.90. The molecule has 100 valence electrons. The molecule has 1 aliphatic rings. The summed E-state index contributed by atoms with van der Waals surface area (Å²) in [4.78, 5) is 0. The fourth-order valence-corrected chi connectivity index (χ4v) is 2.90. The van der Waals surface area contributed by atoms with Crippen LogP contribution in [0.5, 0.6) is 0 Å². The highest BCUT2D eigenvalue weighted by Crippen LogP contribution is 2.55. The zero-order chi connectivity index (χ0) is 13.4. The van der Waals surface area contributed by atoms with Crippen molar-refractivity contribution in [2.24, 2.45) is 5.92 Å². The summed E-state index contributed by atoms with van der Waals surface area (Å²) in [6.45, 7) is 12.3. The Kier molecular flexibility index (Phi) is 3.55. The third kappa shape index (κ3) is 2.77. The summed E-state index contributed by atoms with van der Waals surface area (Å²) in [5.74, 6) is 0.857. The highest BCUT2D eigenvalue weighted by atomic mass is 15.0. The van der Waals surface area contributed by atoms with E-state index in [0.717, 1.165) is 12.5 Å². The molecule has 1 aromatic rings. The van der Waals surface area contributed by atoms with E-state index < -0.39 is 0 Å². The van der Waals surface area contributed by atoms with Gasteiger partial charge in [-0.3, -0.25) is 0 Å². The van der Waals surface area contributed by atoms with Gasteiger partial charge in [-0.15, -0.1) is 0 Å². The van der Waals surface area contributed by atoms with E-state index in [0.29, 0.717) is 5.41 Å². The summed E-state index contributed by atoms with van der Waals surface area (Å²) in [5.41, 5.74) is 3.48. The lowest BCUT2D eigenvalue weighted by Crippen LogP contribution is -2.41. The van der Waals surface area contributed by atoms with Crippen LogP contribution in [0.15, 0.2) is 24.3 Å². The van der Waals surface area contributed by atoms with Crippen LogP contribution in [0, 0.1) is 12.8 Å². The number of rotatable bonds is 4. The van der Waals surface area contributed by atoms with Crippen molar-refractivity contribution in [3.8, 4) is 0 Å². The Balaban J connectivity index is 2.16. The van der Waals surface area contributed by atoms with Crippen molar-refractivity contribution in [3.63, 3.8) is 0 Å². The minimum atomic E-state index is 0.207. The topological polar surface area (TPSA) is 12.0 Å². The second kappa shape index (κ2) is 4.70. The molecule has 0 saturated heterocycles. The first kappa shape index (κ1) is 13.6. The van der Waals surface area contributed by atoms with Crippen LogP contribution < -0.4 is 5.32 Å². The summed E-state index contributed by atoms with van der Waals surface area (Å²) in [5, 5.41) is 3.70. The summed E-state index contributed by atoms with van der Waals surface area (Å²) < 4.78 is 0. The van der Waals surface area contributed by atoms with E-state index in [2.05, 4.69) is 64.2 Å². The molecule has 1 fully saturated rings. The monoisotopic (exact) mass is 245 g/mol. The molecule has 1 saturated carbocycles. The zero-order valence-electron chi connectivity index (χ0n) is 12.5. The molecule has 1 heteroatoms. The third-order valence-electron chi connectivity index (χ3n) is 4.29. The van der Waals surface area contributed by atoms with E-state index in [9.17, 15) is 0 Å². The Morgan fingerprint density at radius 3 is 2.28 bits per heavy atom. The molecule has 2 unspecified atom stereocenters. The molecule has 1 nitrogen and oxygen atoms in total. The largest absolute Gasteiger partial charge is 0.311 e. The van der Waals surface area contributed by atoms with E-state index in [1.54, 1.807) is 0 Å². The van der Waals surface area contributed by atoms with Crippen LogP contribution >= 0.6 is 0 Å². The van der Waals surface area contributed by atoms with Crippen molar-refractivity contribution < 1.29 is 0 Å². The second-order valence-electron chi connectivity index (χ2n) is 6.94. The first-order valence-electron chi connectivity index (χ1n) is 7.19. The maximum atomic E-state index is 3.70. The van der Waals surface area contributed by atoms with Gasteiger partial charge in [-0.2, -0.15) is 0 Å². The van der Waals surface area contributed by atoms with Gasteiger partial charge < -0.3 is 5.32 Å². The Bertz CT molecular complexity index is 399. The molecule has 0 radical (unpaired) electrons. The molecule has 0 amide bonds. The summed E-state index contributed by atoms with van der Waals surface area (Å²) in [6, 6.07) is 9.16. The van der Waals surface area contributed by atoms with Crippen LogP contribution in [0.1, 0.15) is 51.7 Å². The van der Waals surface area contributed by atoms with E-state index in [1.165, 1.54) is 24.0 Å². The highest BCUT2D eigenvalue weighted by molar-refractivity contribution is 5.36. The maximum Gasteiger partial charge on any atom is 0.0109 e. The summed E-state index contributed by atoms with van der Waals surface area (Å²) in [6.07, 6.45) is 2.63. The molecular weight excluding hydrogens is 218 g/mol. The van der Waals surface area contributed by atoms with Crippen LogP contribution in [0.25, 0.3) is 0 Å². The first-order valence-corrected chi connectivity index (χ1v) is 7.19. The number of nitrogens with one attached hydrogen (secondary N) is 1. The molecular formula is C17H27N. The van der Waals surface area contributed by atoms with Crippen LogP contribution in [0.2, 0.25) is 0 Å². The lowest BCUT2D eigenvalue weighted by Gasteiger charge is -2.26. The van der Waals surface area contributed by atoms with Crippen LogP contribution in [-0.4, -0.2) is 12.1 Å². The number of hydrogen-bond donors (Lipinski definition) is 1. The minimum Gasteiger partial charge on any atom is -0.311 e. The summed E-state index contributed by atoms with van der Waals surface area (Å²) in [7, 11) is 0. The third-order valence-corrected chi connectivity index (χ3v) is 4.29. The average Bonchev–Trinajstić information content (AvgIpc) is 3.02. The first-order chi connectivity index (χ1) is 8.37. The normalized spacial score (nSPS) is 27.3. The molecule has 1 aromatic carbocycles. The molecule has 0 spiro atoms. The lowest BCUT2D eigenvalue weighted by molar-refractivity contribution is 0.388. The van der Waals surface area contributed by atoms with Gasteiger partial charge in [-0.1, -0.05) is 43.2 Å². The molecule has 0 bridgehead atoms. The predicted molar refractivity (Wildman–Crippen MR) is 79.0 cm³/mol. The molecule has 1 N–H and O–H groups in total. The van der Waals surface area contributed by atoms with Crippen LogP contribution in [-0.2, 0) is 5.41 Å². The van der Waals surface area contributed by atoms with Gasteiger partial charge in [0.15, 0.2) is 0 Å². The van der Waals surface area contributed by atoms with Gasteiger partial charge in [0, 0.05) is 17.5 Å². The van der Waals surface area contributed by atoms with Gasteiger partial charge in [0.2, 0.25) is 0 Å². The zero-order valence-corrected chi connectivity index (χ0v) is 12.5. The van der Waals surface area contributed by atoms with Crippen LogP contribution in [0.3, 0.4) is 0 Å². The molecule has 1 aliphatic carbocycles. The van der Waals surface area contributed by atoms with E-state index >= 15 is 0 Å². The van der Waals surface area contributed by atoms with E-state index in [4.69, 9.17) is 0 Å². The van der Waals surface area contributed by atoms with Gasteiger partial charge in [-0.05, 0) is 45.6 Å². The smallest absolute Gasteiger partial charge is 0.0109 e. The lowest BCUT2D eigenvalue weighted by atomic mass is 9.90. The molecule has 18 heavy (non-hydrogen) atoms. The van der Waals surface area contributed by atoms with Crippen molar-refractivity contribution in [3.05, 3.63) is 35.4 Å². The Labute approximate surface area is 112 Å². The molecule has 0 heterocycles. The fraction of sp³-hybridized carbons (Fsp3) is 0.647. The van der Waals surface area contributed by atoms with Crippen LogP contribution in [0.4, 0.5) is 0 Å². The van der Waals surface area contributed by atoms with Gasteiger partial charge in [0.05, 0.1) is 0 Å². The van der Waals surface area contributed by atoms with Crippen molar-refractivity contribution in [2.45, 2.75) is 58.4 Å². The maximum absolute atomic E-state index is 3.70. The minimum absolute atomic E-state index is 0.207. The molecule has 0 aliphatic heterocycles. The van der Waals surface area contributed by atoms with Crippen molar-refractivity contribution in [1.29, 1.82) is 0 Å². The van der Waals surface area contributed by atoms with E-state index in [-0.39, 0.29) is 5.54 Å². The number of hydrogen-bond acceptors (Lipinski definition) is 1. The standard InChI is InChI=1S/C17H27N/c1-6-14-11-17(14,12-18-16(3,4)5)15-9-7-13(2)8-10-15/h7-10,14,18H,6,11-12H2,1-5H3. The predicted octanol–water partition coefficient (Wildman–Crippen LogP) is 4.05. The van der Waals surface area contributed by atoms with Crippen molar-refractivity contribution in [2.75, 3.05) is 6.54 Å². The van der Waals surface area contributed by atoms with Gasteiger partial charge in [0.25, 0.3) is 0 Å². The second-order valence-corrected chi connectivity index (χ2v) is 6.94. The number of benzene rings is 1. The molecule has 2 rings (SSSR count). The highest BCUT2D eigenvalue weighted by Gasteiger charge is 2.53. The average molecular weight is 245 g/mol. The quantitative estimate of drug-likeness (QED) is 0.844. The Hall–Kier alpha value is -0.820. The Morgan fingerprint density at radius 2 is 1.83 bits per heavy atom. The van der Waals surface area contributed by atoms with Crippen molar-refractivity contribution >= 4 is 0 Å². The molecule has 2 atom stereocenters. The Morgan fingerprint density at radius 1 is 1.22 bits per heavy atom. The molecule has 0 aromatic heterocycles. The van der Waals surface area contributed by atoms with Crippen molar-refractivity contribution in [1.82, 2.24) is 5.32 Å². The number of aryl methyl sites for hydroxylation is 1.